The van der Waals surface area contributed by atoms with Crippen LogP contribution in [0.2, 0.25) is 5.02 Å². The minimum atomic E-state index is -1.02. The molecule has 2 aromatic carbocycles. The van der Waals surface area contributed by atoms with Crippen molar-refractivity contribution in [1.82, 2.24) is 4.90 Å². The molecule has 1 aliphatic heterocycles. The van der Waals surface area contributed by atoms with Gasteiger partial charge in [0.1, 0.15) is 11.6 Å². The van der Waals surface area contributed by atoms with E-state index in [0.717, 1.165) is 55.9 Å². The molecular weight excluding hydrogens is 490 g/mol. The molecule has 1 N–H and O–H groups in total. The highest BCUT2D eigenvalue weighted by Gasteiger charge is 2.50. The number of amides is 2. The fourth-order valence-corrected chi connectivity index (χ4v) is 6.24. The fourth-order valence-electron chi connectivity index (χ4n) is 6.07. The number of hydrogen-bond donors (Lipinski definition) is 1. The lowest BCUT2D eigenvalue weighted by molar-refractivity contribution is -0.145. The van der Waals surface area contributed by atoms with Crippen LogP contribution >= 0.6 is 11.6 Å². The number of benzene rings is 2. The molecule has 0 radical (unpaired) electrons. The smallest absolute Gasteiger partial charge is 0.303 e. The van der Waals surface area contributed by atoms with E-state index in [2.05, 4.69) is 0 Å². The van der Waals surface area contributed by atoms with Crippen LogP contribution in [-0.2, 0) is 9.59 Å². The summed E-state index contributed by atoms with van der Waals surface area (Å²) >= 11 is 6.36. The number of carboxylic acid groups (broad SMARTS) is 1. The van der Waals surface area contributed by atoms with E-state index >= 15 is 0 Å². The van der Waals surface area contributed by atoms with Gasteiger partial charge in [0, 0.05) is 41.1 Å². The van der Waals surface area contributed by atoms with E-state index in [0.29, 0.717) is 17.1 Å². The Labute approximate surface area is 212 Å². The van der Waals surface area contributed by atoms with Crippen molar-refractivity contribution in [2.24, 2.45) is 5.92 Å². The molecule has 6 nitrogen and oxygen atoms in total. The Morgan fingerprint density at radius 2 is 1.67 bits per heavy atom. The zero-order valence-electron chi connectivity index (χ0n) is 19.6. The first kappa shape index (κ1) is 24.7. The second-order valence-electron chi connectivity index (χ2n) is 9.92. The van der Waals surface area contributed by atoms with E-state index in [-0.39, 0.29) is 48.4 Å². The molecule has 2 fully saturated rings. The number of aliphatic carboxylic acids is 1. The highest BCUT2D eigenvalue weighted by Crippen LogP contribution is 2.53. The first-order valence-corrected chi connectivity index (χ1v) is 12.7. The fraction of sp³-hybridized carbons (Fsp3) is 0.444. The number of nitrogens with zero attached hydrogens (tertiary/aromatic N) is 2. The molecule has 36 heavy (non-hydrogen) atoms. The average molecular weight is 517 g/mol. The van der Waals surface area contributed by atoms with Crippen LogP contribution in [0.3, 0.4) is 0 Å². The van der Waals surface area contributed by atoms with Gasteiger partial charge in [-0.05, 0) is 61.9 Å². The Balaban J connectivity index is 1.61. The summed E-state index contributed by atoms with van der Waals surface area (Å²) in [4.78, 5) is 41.8. The third-order valence-corrected chi connectivity index (χ3v) is 8.01. The lowest BCUT2D eigenvalue weighted by Gasteiger charge is -2.51. The summed E-state index contributed by atoms with van der Waals surface area (Å²) in [7, 11) is 0. The van der Waals surface area contributed by atoms with Gasteiger partial charge < -0.3 is 14.9 Å². The van der Waals surface area contributed by atoms with Crippen molar-refractivity contribution in [2.45, 2.75) is 69.5 Å². The predicted octanol–water partition coefficient (Wildman–Crippen LogP) is 5.73. The second kappa shape index (κ2) is 9.81. The number of anilines is 1. The standard InChI is InChI=1S/C27H27ClF2N2O4/c28-16-7-8-21-23(13-16)32(27(36)15-11-17(29)14-18(30)12-15)22-6-2-5-20(22)26(21)31(19-3-1-4-19)24(33)9-10-25(34)35/h7-8,11-14,19-20,22,26H,1-6,9-10H2,(H,34,35)/t20-,22+,26+/m0/s1. The molecule has 2 aromatic rings. The molecule has 3 atom stereocenters. The van der Waals surface area contributed by atoms with Crippen LogP contribution in [0.1, 0.15) is 73.3 Å². The average Bonchev–Trinajstić information content (AvgIpc) is 3.26. The molecule has 2 saturated carbocycles. The number of carboxylic acids is 1. The van der Waals surface area contributed by atoms with E-state index in [1.54, 1.807) is 17.0 Å². The van der Waals surface area contributed by atoms with Crippen LogP contribution in [0.5, 0.6) is 0 Å². The Hall–Kier alpha value is -3.00. The zero-order valence-corrected chi connectivity index (χ0v) is 20.4. The maximum absolute atomic E-state index is 14.0. The molecule has 0 saturated heterocycles. The quantitative estimate of drug-likeness (QED) is 0.531. The van der Waals surface area contributed by atoms with Gasteiger partial charge in [-0.3, -0.25) is 14.4 Å². The van der Waals surface area contributed by atoms with Gasteiger partial charge in [0.2, 0.25) is 5.91 Å². The first-order valence-electron chi connectivity index (χ1n) is 12.4. The number of rotatable bonds is 6. The molecule has 9 heteroatoms. The molecule has 0 unspecified atom stereocenters. The van der Waals surface area contributed by atoms with Crippen LogP contribution in [0.4, 0.5) is 14.5 Å². The first-order chi connectivity index (χ1) is 17.2. The van der Waals surface area contributed by atoms with Crippen LogP contribution in [0.25, 0.3) is 0 Å². The number of carbonyl (C=O) groups is 3. The van der Waals surface area contributed by atoms with Crippen LogP contribution in [-0.4, -0.2) is 39.9 Å². The molecule has 0 spiro atoms. The maximum Gasteiger partial charge on any atom is 0.303 e. The zero-order chi connectivity index (χ0) is 25.6. The molecule has 1 heterocycles. The van der Waals surface area contributed by atoms with E-state index < -0.39 is 23.5 Å². The summed E-state index contributed by atoms with van der Waals surface area (Å²) in [6.45, 7) is 0. The maximum atomic E-state index is 14.0. The summed E-state index contributed by atoms with van der Waals surface area (Å²) in [6, 6.07) is 7.40. The van der Waals surface area contributed by atoms with Gasteiger partial charge in [0.15, 0.2) is 0 Å². The predicted molar refractivity (Wildman–Crippen MR) is 130 cm³/mol. The van der Waals surface area contributed by atoms with Gasteiger partial charge in [-0.25, -0.2) is 8.78 Å². The molecule has 190 valence electrons. The molecule has 0 bridgehead atoms. The highest BCUT2D eigenvalue weighted by atomic mass is 35.5. The Morgan fingerprint density at radius 1 is 0.972 bits per heavy atom. The van der Waals surface area contributed by atoms with Gasteiger partial charge in [-0.1, -0.05) is 24.1 Å². The molecule has 2 aliphatic carbocycles. The van der Waals surface area contributed by atoms with Crippen molar-refractivity contribution < 1.29 is 28.3 Å². The van der Waals surface area contributed by atoms with Crippen molar-refractivity contribution in [3.8, 4) is 0 Å². The normalized spacial score (nSPS) is 23.0. The summed E-state index contributed by atoms with van der Waals surface area (Å²) < 4.78 is 28.0. The Bertz CT molecular complexity index is 1200. The topological polar surface area (TPSA) is 77.9 Å². The van der Waals surface area contributed by atoms with Crippen LogP contribution in [0, 0.1) is 17.6 Å². The molecule has 0 aromatic heterocycles. The van der Waals surface area contributed by atoms with Gasteiger partial charge in [-0.15, -0.1) is 0 Å². The van der Waals surface area contributed by atoms with E-state index in [4.69, 9.17) is 16.7 Å². The van der Waals surface area contributed by atoms with Gasteiger partial charge >= 0.3 is 5.97 Å². The summed E-state index contributed by atoms with van der Waals surface area (Å²) in [5.41, 5.74) is 1.19. The monoisotopic (exact) mass is 516 g/mol. The third-order valence-electron chi connectivity index (χ3n) is 7.78. The number of fused-ring (bicyclic) bond motifs is 2. The van der Waals surface area contributed by atoms with E-state index in [1.165, 1.54) is 0 Å². The molecule has 2 amide bonds. The van der Waals surface area contributed by atoms with Crippen molar-refractivity contribution in [3.63, 3.8) is 0 Å². The summed E-state index contributed by atoms with van der Waals surface area (Å²) in [6.07, 6.45) is 4.64. The molecule has 5 rings (SSSR count). The third kappa shape index (κ3) is 4.47. The van der Waals surface area contributed by atoms with Gasteiger partial charge in [0.25, 0.3) is 5.91 Å². The Kier molecular flexibility index (Phi) is 6.72. The lowest BCUT2D eigenvalue weighted by Crippen LogP contribution is -2.55. The number of halogens is 3. The number of hydrogen-bond acceptors (Lipinski definition) is 3. The number of carbonyl (C=O) groups excluding carboxylic acids is 2. The minimum Gasteiger partial charge on any atom is -0.481 e. The summed E-state index contributed by atoms with van der Waals surface area (Å²) in [5, 5.41) is 9.57. The second-order valence-corrected chi connectivity index (χ2v) is 10.4. The lowest BCUT2D eigenvalue weighted by atomic mass is 9.78. The largest absolute Gasteiger partial charge is 0.481 e. The van der Waals surface area contributed by atoms with Crippen molar-refractivity contribution in [3.05, 3.63) is 64.2 Å². The van der Waals surface area contributed by atoms with Gasteiger partial charge in [-0.2, -0.15) is 0 Å². The van der Waals surface area contributed by atoms with E-state index in [9.17, 15) is 23.2 Å². The van der Waals surface area contributed by atoms with Crippen molar-refractivity contribution >= 4 is 35.1 Å². The van der Waals surface area contributed by atoms with Crippen LogP contribution in [0.15, 0.2) is 36.4 Å². The minimum absolute atomic E-state index is 0.0145. The summed E-state index contributed by atoms with van der Waals surface area (Å²) in [5.74, 6) is -3.49. The SMILES string of the molecule is O=C(O)CCC(=O)N(C1CCC1)[C@H]1c2ccc(Cl)cc2N(C(=O)c2cc(F)cc(F)c2)[C@@H]2CCC[C@@H]21. The Morgan fingerprint density at radius 3 is 2.31 bits per heavy atom. The molecule has 3 aliphatic rings. The van der Waals surface area contributed by atoms with Crippen LogP contribution < -0.4 is 4.90 Å². The van der Waals surface area contributed by atoms with E-state index in [1.807, 2.05) is 11.0 Å². The van der Waals surface area contributed by atoms with Gasteiger partial charge in [0.05, 0.1) is 18.2 Å². The highest BCUT2D eigenvalue weighted by molar-refractivity contribution is 6.31. The van der Waals surface area contributed by atoms with Crippen molar-refractivity contribution in [1.29, 1.82) is 0 Å². The van der Waals surface area contributed by atoms with Crippen molar-refractivity contribution in [2.75, 3.05) is 4.90 Å². The molecular formula is C27H27ClF2N2O4.